The maximum Gasteiger partial charge on any atom is 0.0752 e. The number of hydrogen-bond acceptors (Lipinski definition) is 2. The lowest BCUT2D eigenvalue weighted by Crippen LogP contribution is -2.35. The fourth-order valence-electron chi connectivity index (χ4n) is 2.12. The molecule has 0 fully saturated rings. The number of hydrogen-bond donors (Lipinski definition) is 0. The van der Waals surface area contributed by atoms with Gasteiger partial charge in [-0.3, -0.25) is 4.90 Å². The van der Waals surface area contributed by atoms with Crippen LogP contribution in [0.3, 0.4) is 0 Å². The smallest absolute Gasteiger partial charge is 0.0752 e. The Morgan fingerprint density at radius 2 is 2.19 bits per heavy atom. The van der Waals surface area contributed by atoms with Crippen molar-refractivity contribution in [2.45, 2.75) is 52.5 Å². The second-order valence-electron chi connectivity index (χ2n) is 4.87. The highest BCUT2D eigenvalue weighted by Gasteiger charge is 2.24. The van der Waals surface area contributed by atoms with Crippen LogP contribution in [0.1, 0.15) is 46.5 Å². The highest BCUT2D eigenvalue weighted by molar-refractivity contribution is 5.36. The van der Waals surface area contributed by atoms with E-state index in [0.717, 1.165) is 12.7 Å². The fourth-order valence-corrected chi connectivity index (χ4v) is 2.12. The minimum atomic E-state index is 0.723. The van der Waals surface area contributed by atoms with E-state index < -0.39 is 0 Å². The first-order valence-corrected chi connectivity index (χ1v) is 6.44. The summed E-state index contributed by atoms with van der Waals surface area (Å²) >= 11 is 0. The monoisotopic (exact) mass is 222 g/mol. The molecule has 2 nitrogen and oxygen atoms in total. The summed E-state index contributed by atoms with van der Waals surface area (Å²) in [6.45, 7) is 11.6. The van der Waals surface area contributed by atoms with Crippen LogP contribution in [0.5, 0.6) is 0 Å². The van der Waals surface area contributed by atoms with Gasteiger partial charge in [-0.15, -0.1) is 0 Å². The molecule has 92 valence electrons. The van der Waals surface area contributed by atoms with Gasteiger partial charge in [0, 0.05) is 12.2 Å². The van der Waals surface area contributed by atoms with Gasteiger partial charge < -0.3 is 4.90 Å². The zero-order valence-corrected chi connectivity index (χ0v) is 11.3. The molecule has 0 aromatic carbocycles. The largest absolute Gasteiger partial charge is 0.331 e. The maximum absolute atomic E-state index is 3.96. The normalized spacial score (nSPS) is 16.3. The van der Waals surface area contributed by atoms with Crippen LogP contribution >= 0.6 is 0 Å². The molecule has 1 atom stereocenters. The Morgan fingerprint density at radius 1 is 1.50 bits per heavy atom. The van der Waals surface area contributed by atoms with Crippen molar-refractivity contribution < 1.29 is 0 Å². The molecular formula is C14H26N2. The Balaban J connectivity index is 2.28. The van der Waals surface area contributed by atoms with E-state index in [4.69, 9.17) is 0 Å². The van der Waals surface area contributed by atoms with Gasteiger partial charge in [-0.05, 0) is 32.4 Å². The molecule has 1 aliphatic rings. The molecule has 2 heteroatoms. The Kier molecular flexibility index (Phi) is 5.07. The Morgan fingerprint density at radius 3 is 2.62 bits per heavy atom. The van der Waals surface area contributed by atoms with E-state index >= 15 is 0 Å². The molecule has 1 unspecified atom stereocenters. The Labute approximate surface area is 101 Å². The summed E-state index contributed by atoms with van der Waals surface area (Å²) in [7, 11) is 2.23. The van der Waals surface area contributed by atoms with Crippen LogP contribution in [0.4, 0.5) is 0 Å². The molecule has 16 heavy (non-hydrogen) atoms. The van der Waals surface area contributed by atoms with Crippen molar-refractivity contribution >= 4 is 0 Å². The van der Waals surface area contributed by atoms with Gasteiger partial charge in [-0.1, -0.05) is 33.3 Å². The summed E-state index contributed by atoms with van der Waals surface area (Å²) in [6.07, 6.45) is 7.38. The lowest BCUT2D eigenvalue weighted by Gasteiger charge is -2.28. The van der Waals surface area contributed by atoms with Gasteiger partial charge in [-0.2, -0.15) is 0 Å². The lowest BCUT2D eigenvalue weighted by atomic mass is 10.1. The molecular weight excluding hydrogens is 196 g/mol. The SMILES string of the molecule is C=C(C)C1=CN1CN(C)C(CC)CCCC. The van der Waals surface area contributed by atoms with E-state index in [1.165, 1.54) is 37.0 Å². The average molecular weight is 222 g/mol. The van der Waals surface area contributed by atoms with Crippen molar-refractivity contribution in [2.75, 3.05) is 13.7 Å². The van der Waals surface area contributed by atoms with Crippen molar-refractivity contribution in [1.82, 2.24) is 9.80 Å². The van der Waals surface area contributed by atoms with E-state index in [0.29, 0.717) is 0 Å². The summed E-state index contributed by atoms with van der Waals surface area (Å²) in [4.78, 5) is 4.75. The van der Waals surface area contributed by atoms with E-state index in [1.54, 1.807) is 0 Å². The van der Waals surface area contributed by atoms with Gasteiger partial charge in [0.15, 0.2) is 0 Å². The Bertz CT molecular complexity index is 268. The van der Waals surface area contributed by atoms with E-state index in [-0.39, 0.29) is 0 Å². The Hall–Kier alpha value is -0.760. The molecule has 0 aromatic rings. The van der Waals surface area contributed by atoms with Crippen molar-refractivity contribution in [3.05, 3.63) is 24.0 Å². The quantitative estimate of drug-likeness (QED) is 0.619. The third kappa shape index (κ3) is 3.67. The first-order chi connectivity index (χ1) is 7.60. The molecule has 0 bridgehead atoms. The number of rotatable bonds is 8. The average Bonchev–Trinajstić information content (AvgIpc) is 2.98. The van der Waals surface area contributed by atoms with E-state index in [2.05, 4.69) is 50.4 Å². The predicted octanol–water partition coefficient (Wildman–Crippen LogP) is 3.58. The van der Waals surface area contributed by atoms with Crippen LogP contribution in [0.25, 0.3) is 0 Å². The number of nitrogens with zero attached hydrogens (tertiary/aromatic N) is 2. The van der Waals surface area contributed by atoms with Crippen molar-refractivity contribution in [2.24, 2.45) is 0 Å². The minimum absolute atomic E-state index is 0.723. The van der Waals surface area contributed by atoms with Gasteiger partial charge in [0.1, 0.15) is 0 Å². The van der Waals surface area contributed by atoms with Crippen LogP contribution in [0.2, 0.25) is 0 Å². The zero-order valence-electron chi connectivity index (χ0n) is 11.3. The van der Waals surface area contributed by atoms with Crippen LogP contribution in [-0.4, -0.2) is 29.6 Å². The summed E-state index contributed by atoms with van der Waals surface area (Å²) in [5, 5.41) is 0. The summed E-state index contributed by atoms with van der Waals surface area (Å²) in [5.41, 5.74) is 2.49. The number of unbranched alkanes of at least 4 members (excludes halogenated alkanes) is 1. The molecule has 0 radical (unpaired) electrons. The zero-order chi connectivity index (χ0) is 12.1. The second kappa shape index (κ2) is 6.09. The van der Waals surface area contributed by atoms with Crippen LogP contribution in [0.15, 0.2) is 24.0 Å². The van der Waals surface area contributed by atoms with E-state index in [9.17, 15) is 0 Å². The summed E-state index contributed by atoms with van der Waals surface area (Å²) < 4.78 is 0. The third-order valence-electron chi connectivity index (χ3n) is 3.32. The molecule has 0 amide bonds. The van der Waals surface area contributed by atoms with Crippen molar-refractivity contribution in [1.29, 1.82) is 0 Å². The van der Waals surface area contributed by atoms with Crippen LogP contribution < -0.4 is 0 Å². The second-order valence-corrected chi connectivity index (χ2v) is 4.87. The molecule has 1 heterocycles. The minimum Gasteiger partial charge on any atom is -0.331 e. The highest BCUT2D eigenvalue weighted by atomic mass is 15.4. The van der Waals surface area contributed by atoms with Gasteiger partial charge in [0.05, 0.1) is 12.4 Å². The van der Waals surface area contributed by atoms with Crippen molar-refractivity contribution in [3.63, 3.8) is 0 Å². The topological polar surface area (TPSA) is 6.25 Å². The van der Waals surface area contributed by atoms with E-state index in [1.807, 2.05) is 0 Å². The molecule has 0 aromatic heterocycles. The molecule has 0 saturated heterocycles. The molecule has 0 N–H and O–H groups in total. The third-order valence-corrected chi connectivity index (χ3v) is 3.32. The van der Waals surface area contributed by atoms with Gasteiger partial charge in [0.25, 0.3) is 0 Å². The molecule has 1 rings (SSSR count). The molecule has 0 aliphatic carbocycles. The highest BCUT2D eigenvalue weighted by Crippen LogP contribution is 2.27. The summed E-state index contributed by atoms with van der Waals surface area (Å²) in [5.74, 6) is 0. The molecule has 1 aliphatic heterocycles. The lowest BCUT2D eigenvalue weighted by molar-refractivity contribution is 0.179. The molecule has 0 saturated carbocycles. The van der Waals surface area contributed by atoms with Gasteiger partial charge in [0.2, 0.25) is 0 Å². The number of allylic oxidation sites excluding steroid dienone is 1. The fraction of sp³-hybridized carbons (Fsp3) is 0.714. The molecule has 0 spiro atoms. The van der Waals surface area contributed by atoms with Crippen LogP contribution in [0, 0.1) is 0 Å². The summed E-state index contributed by atoms with van der Waals surface area (Å²) in [6, 6.07) is 0.723. The standard InChI is InChI=1S/C14H26N2/c1-6-8-9-13(7-2)15(5)11-16-10-14(16)12(3)4/h10,13H,3,6-9,11H2,1-2,4-5H3. The van der Waals surface area contributed by atoms with Gasteiger partial charge in [-0.25, -0.2) is 0 Å². The van der Waals surface area contributed by atoms with Crippen molar-refractivity contribution in [3.8, 4) is 0 Å². The maximum atomic E-state index is 3.96. The first kappa shape index (κ1) is 13.3. The predicted molar refractivity (Wildman–Crippen MR) is 71.0 cm³/mol. The first-order valence-electron chi connectivity index (χ1n) is 6.44. The van der Waals surface area contributed by atoms with Crippen LogP contribution in [-0.2, 0) is 0 Å². The van der Waals surface area contributed by atoms with Gasteiger partial charge >= 0.3 is 0 Å².